The number of allylic oxidation sites excluding steroid dienone is 2. The smallest absolute Gasteiger partial charge is 0.00385 e. The Morgan fingerprint density at radius 3 is 2.17 bits per heavy atom. The highest BCUT2D eigenvalue weighted by Crippen LogP contribution is 2.03. The quantitative estimate of drug-likeness (QED) is 0.419. The first-order valence-corrected chi connectivity index (χ1v) is 7.38. The molecule has 0 aromatic rings. The van der Waals surface area contributed by atoms with Crippen LogP contribution >= 0.6 is 0 Å². The molecule has 18 heavy (non-hydrogen) atoms. The van der Waals surface area contributed by atoms with E-state index in [1.807, 2.05) is 13.0 Å². The van der Waals surface area contributed by atoms with Crippen LogP contribution in [0.2, 0.25) is 0 Å². The van der Waals surface area contributed by atoms with Crippen molar-refractivity contribution in [2.45, 2.75) is 60.3 Å². The van der Waals surface area contributed by atoms with Crippen molar-refractivity contribution >= 4 is 0 Å². The van der Waals surface area contributed by atoms with Gasteiger partial charge in [0.25, 0.3) is 0 Å². The van der Waals surface area contributed by atoms with Crippen LogP contribution in [0, 0.1) is 5.92 Å². The third-order valence-electron chi connectivity index (χ3n) is 2.97. The molecule has 0 aromatic carbocycles. The van der Waals surface area contributed by atoms with Gasteiger partial charge in [0.15, 0.2) is 0 Å². The molecule has 0 aromatic heterocycles. The Kier molecular flexibility index (Phi) is 15.9. The van der Waals surface area contributed by atoms with E-state index < -0.39 is 0 Å². The largest absolute Gasteiger partial charge is 0.306 e. The van der Waals surface area contributed by atoms with Crippen molar-refractivity contribution in [3.05, 3.63) is 24.3 Å². The Morgan fingerprint density at radius 1 is 1.22 bits per heavy atom. The highest BCUT2D eigenvalue weighted by Gasteiger charge is 2.01. The second-order valence-electron chi connectivity index (χ2n) is 5.40. The van der Waals surface area contributed by atoms with Crippen molar-refractivity contribution in [3.63, 3.8) is 0 Å². The van der Waals surface area contributed by atoms with Gasteiger partial charge in [-0.2, -0.15) is 0 Å². The van der Waals surface area contributed by atoms with Gasteiger partial charge in [-0.25, -0.2) is 0 Å². The van der Waals surface area contributed by atoms with Gasteiger partial charge in [0.1, 0.15) is 0 Å². The fraction of sp³-hybridized carbons (Fsp3) is 0.765. The lowest BCUT2D eigenvalue weighted by molar-refractivity contribution is 0.300. The second-order valence-corrected chi connectivity index (χ2v) is 5.40. The number of nitrogens with zero attached hydrogens (tertiary/aromatic N) is 1. The van der Waals surface area contributed by atoms with Gasteiger partial charge in [0.05, 0.1) is 0 Å². The van der Waals surface area contributed by atoms with E-state index in [0.717, 1.165) is 6.54 Å². The fourth-order valence-corrected chi connectivity index (χ4v) is 1.47. The van der Waals surface area contributed by atoms with Crippen LogP contribution in [0.1, 0.15) is 60.3 Å². The topological polar surface area (TPSA) is 3.24 Å². The number of rotatable bonds is 8. The lowest BCUT2D eigenvalue weighted by Crippen LogP contribution is -2.24. The molecule has 0 spiro atoms. The van der Waals surface area contributed by atoms with Gasteiger partial charge in [0, 0.05) is 6.54 Å². The third kappa shape index (κ3) is 17.8. The maximum Gasteiger partial charge on any atom is 0.00385 e. The zero-order valence-corrected chi connectivity index (χ0v) is 13.6. The molecule has 1 heteroatoms. The number of unbranched alkanes of at least 4 members (excludes halogenated alkanes) is 3. The molecule has 0 heterocycles. The summed E-state index contributed by atoms with van der Waals surface area (Å²) in [6.45, 7) is 16.9. The molecule has 0 radical (unpaired) electrons. The van der Waals surface area contributed by atoms with E-state index in [2.05, 4.69) is 52.3 Å². The molecule has 0 fully saturated rings. The summed E-state index contributed by atoms with van der Waals surface area (Å²) in [4.78, 5) is 2.40. The van der Waals surface area contributed by atoms with Crippen LogP contribution in [0.3, 0.4) is 0 Å². The lowest BCUT2D eigenvalue weighted by Gasteiger charge is -2.18. The first-order chi connectivity index (χ1) is 8.47. The standard InChI is InChI=1S/C12H25N.C5H10/c1-5-7-8-9-10-13(4)11-12(3)6-2;1-4-5(2)3/h6,12H,2,5,7-11H2,1,3-4H3;4H,1-3H3. The molecule has 0 rings (SSSR count). The summed E-state index contributed by atoms with van der Waals surface area (Å²) in [7, 11) is 2.20. The zero-order valence-electron chi connectivity index (χ0n) is 13.6. The maximum absolute atomic E-state index is 3.80. The van der Waals surface area contributed by atoms with Gasteiger partial charge >= 0.3 is 0 Å². The average Bonchev–Trinajstić information content (AvgIpc) is 2.35. The molecule has 1 atom stereocenters. The minimum absolute atomic E-state index is 0.621. The molecule has 1 nitrogen and oxygen atoms in total. The van der Waals surface area contributed by atoms with E-state index in [0.29, 0.717) is 5.92 Å². The van der Waals surface area contributed by atoms with Crippen molar-refractivity contribution < 1.29 is 0 Å². The first kappa shape index (κ1) is 19.8. The summed E-state index contributed by atoms with van der Waals surface area (Å²) in [5.41, 5.74) is 1.38. The van der Waals surface area contributed by atoms with Gasteiger partial charge < -0.3 is 4.90 Å². The van der Waals surface area contributed by atoms with Crippen molar-refractivity contribution in [1.29, 1.82) is 0 Å². The minimum Gasteiger partial charge on any atom is -0.306 e. The van der Waals surface area contributed by atoms with Gasteiger partial charge in [-0.3, -0.25) is 0 Å². The summed E-state index contributed by atoms with van der Waals surface area (Å²) >= 11 is 0. The highest BCUT2D eigenvalue weighted by molar-refractivity contribution is 4.88. The van der Waals surface area contributed by atoms with Crippen molar-refractivity contribution in [3.8, 4) is 0 Å². The van der Waals surface area contributed by atoms with E-state index in [4.69, 9.17) is 0 Å². The molecular weight excluding hydrogens is 218 g/mol. The van der Waals surface area contributed by atoms with E-state index in [1.165, 1.54) is 37.8 Å². The number of hydrogen-bond donors (Lipinski definition) is 0. The third-order valence-corrected chi connectivity index (χ3v) is 2.97. The molecule has 0 aliphatic heterocycles. The van der Waals surface area contributed by atoms with Crippen LogP contribution in [0.15, 0.2) is 24.3 Å². The molecule has 0 amide bonds. The molecule has 0 aliphatic carbocycles. The molecule has 0 saturated carbocycles. The van der Waals surface area contributed by atoms with Crippen molar-refractivity contribution in [1.82, 2.24) is 4.90 Å². The van der Waals surface area contributed by atoms with Crippen molar-refractivity contribution in [2.75, 3.05) is 20.1 Å². The summed E-state index contributed by atoms with van der Waals surface area (Å²) in [6.07, 6.45) is 9.54. The summed E-state index contributed by atoms with van der Waals surface area (Å²) in [6, 6.07) is 0. The Morgan fingerprint density at radius 2 is 1.78 bits per heavy atom. The normalized spacial score (nSPS) is 11.5. The first-order valence-electron chi connectivity index (χ1n) is 7.38. The van der Waals surface area contributed by atoms with Crippen LogP contribution in [0.4, 0.5) is 0 Å². The maximum atomic E-state index is 3.80. The Hall–Kier alpha value is -0.560. The van der Waals surface area contributed by atoms with Crippen LogP contribution in [-0.2, 0) is 0 Å². The summed E-state index contributed by atoms with van der Waals surface area (Å²) < 4.78 is 0. The predicted octanol–water partition coefficient (Wildman–Crippen LogP) is 5.29. The van der Waals surface area contributed by atoms with Gasteiger partial charge in [-0.15, -0.1) is 6.58 Å². The van der Waals surface area contributed by atoms with E-state index >= 15 is 0 Å². The SMILES string of the molecule is C=CC(C)CN(C)CCCCCC.CC=C(C)C. The zero-order chi connectivity index (χ0) is 14.4. The molecule has 0 bridgehead atoms. The fourth-order valence-electron chi connectivity index (χ4n) is 1.47. The van der Waals surface area contributed by atoms with Crippen molar-refractivity contribution in [2.24, 2.45) is 5.92 Å². The van der Waals surface area contributed by atoms with Gasteiger partial charge in [-0.05, 0) is 46.7 Å². The van der Waals surface area contributed by atoms with Crippen LogP contribution < -0.4 is 0 Å². The van der Waals surface area contributed by atoms with Gasteiger partial charge in [-0.1, -0.05) is 50.8 Å². The predicted molar refractivity (Wildman–Crippen MR) is 86.1 cm³/mol. The second kappa shape index (κ2) is 14.5. The highest BCUT2D eigenvalue weighted by atomic mass is 15.1. The molecule has 108 valence electrons. The Balaban J connectivity index is 0. The van der Waals surface area contributed by atoms with Crippen LogP contribution in [-0.4, -0.2) is 25.0 Å². The summed E-state index contributed by atoms with van der Waals surface area (Å²) in [5, 5.41) is 0. The molecule has 0 N–H and O–H groups in total. The van der Waals surface area contributed by atoms with E-state index in [1.54, 1.807) is 0 Å². The summed E-state index contributed by atoms with van der Waals surface area (Å²) in [5.74, 6) is 0.621. The van der Waals surface area contributed by atoms with E-state index in [9.17, 15) is 0 Å². The number of hydrogen-bond acceptors (Lipinski definition) is 1. The van der Waals surface area contributed by atoms with Crippen LogP contribution in [0.5, 0.6) is 0 Å². The Bertz CT molecular complexity index is 202. The molecule has 0 aliphatic rings. The molecule has 0 saturated heterocycles. The lowest BCUT2D eigenvalue weighted by atomic mass is 10.1. The Labute approximate surface area is 116 Å². The molecular formula is C17H35N. The molecule has 1 unspecified atom stereocenters. The van der Waals surface area contributed by atoms with E-state index in [-0.39, 0.29) is 0 Å². The minimum atomic E-state index is 0.621. The monoisotopic (exact) mass is 253 g/mol. The van der Waals surface area contributed by atoms with Crippen LogP contribution in [0.25, 0.3) is 0 Å². The van der Waals surface area contributed by atoms with Gasteiger partial charge in [0.2, 0.25) is 0 Å². The average molecular weight is 253 g/mol.